The monoisotopic (exact) mass is 352 g/mol. The highest BCUT2D eigenvalue weighted by Gasteiger charge is 2.34. The summed E-state index contributed by atoms with van der Waals surface area (Å²) < 4.78 is 23.0. The van der Waals surface area contributed by atoms with E-state index in [-0.39, 0.29) is 16.9 Å². The largest absolute Gasteiger partial charge is 0.333 e. The van der Waals surface area contributed by atoms with E-state index in [1.165, 1.54) is 11.9 Å². The van der Waals surface area contributed by atoms with Crippen LogP contribution in [0.3, 0.4) is 0 Å². The van der Waals surface area contributed by atoms with E-state index in [4.69, 9.17) is 0 Å². The zero-order valence-corrected chi connectivity index (χ0v) is 15.3. The Morgan fingerprint density at radius 1 is 1.17 bits per heavy atom. The first-order valence-corrected chi connectivity index (χ1v) is 9.71. The normalized spacial score (nSPS) is 19.8. The molecule has 1 saturated heterocycles. The lowest BCUT2D eigenvalue weighted by atomic mass is 9.87. The zero-order chi connectivity index (χ0) is 18.1. The van der Waals surface area contributed by atoms with Gasteiger partial charge >= 0.3 is 11.8 Å². The molecule has 0 aliphatic carbocycles. The molecular formula is C17H24N2O4S. The molecule has 0 aromatic heterocycles. The van der Waals surface area contributed by atoms with Crippen molar-refractivity contribution in [2.75, 3.05) is 23.9 Å². The van der Waals surface area contributed by atoms with Gasteiger partial charge in [0, 0.05) is 18.8 Å². The Kier molecular flexibility index (Phi) is 5.03. The second kappa shape index (κ2) is 6.55. The molecule has 1 unspecified atom stereocenters. The fourth-order valence-corrected chi connectivity index (χ4v) is 4.42. The van der Waals surface area contributed by atoms with Crippen molar-refractivity contribution in [2.45, 2.75) is 38.6 Å². The summed E-state index contributed by atoms with van der Waals surface area (Å²) in [6, 6.07) is 6.90. The summed E-state index contributed by atoms with van der Waals surface area (Å²) in [7, 11) is -1.63. The van der Waals surface area contributed by atoms with E-state index in [1.54, 1.807) is 12.1 Å². The molecule has 1 aliphatic heterocycles. The number of sulfone groups is 1. The third-order valence-corrected chi connectivity index (χ3v) is 6.03. The average Bonchev–Trinajstić information content (AvgIpc) is 2.85. The SMILES string of the molecule is CN(C(=O)C(=O)Nc1ccc(C(C)(C)C)cc1)C1CCS(=O)(=O)C1. The van der Waals surface area contributed by atoms with Crippen LogP contribution in [0.4, 0.5) is 5.69 Å². The Bertz CT molecular complexity index is 733. The molecule has 0 bridgehead atoms. The fraction of sp³-hybridized carbons (Fsp3) is 0.529. The Hall–Kier alpha value is -1.89. The van der Waals surface area contributed by atoms with Crippen molar-refractivity contribution >= 4 is 27.3 Å². The number of anilines is 1. The third kappa shape index (κ3) is 4.35. The Morgan fingerprint density at radius 3 is 2.21 bits per heavy atom. The molecule has 24 heavy (non-hydrogen) atoms. The molecule has 6 nitrogen and oxygen atoms in total. The van der Waals surface area contributed by atoms with Crippen LogP contribution in [-0.4, -0.2) is 49.7 Å². The van der Waals surface area contributed by atoms with Crippen LogP contribution in [0.2, 0.25) is 0 Å². The Balaban J connectivity index is 2.00. The number of hydrogen-bond donors (Lipinski definition) is 1. The van der Waals surface area contributed by atoms with Crippen LogP contribution < -0.4 is 5.32 Å². The van der Waals surface area contributed by atoms with Crippen molar-refractivity contribution in [3.05, 3.63) is 29.8 Å². The minimum absolute atomic E-state index is 0.00649. The summed E-state index contributed by atoms with van der Waals surface area (Å²) in [5, 5.41) is 2.57. The summed E-state index contributed by atoms with van der Waals surface area (Å²) in [6.07, 6.45) is 0.373. The molecule has 2 rings (SSSR count). The lowest BCUT2D eigenvalue weighted by molar-refractivity contribution is -0.143. The van der Waals surface area contributed by atoms with Crippen molar-refractivity contribution in [1.82, 2.24) is 4.90 Å². The van der Waals surface area contributed by atoms with E-state index in [2.05, 4.69) is 26.1 Å². The number of hydrogen-bond acceptors (Lipinski definition) is 4. The van der Waals surface area contributed by atoms with Crippen LogP contribution >= 0.6 is 0 Å². The Labute approximate surface area is 143 Å². The van der Waals surface area contributed by atoms with Crippen LogP contribution in [0, 0.1) is 0 Å². The number of carbonyl (C=O) groups excluding carboxylic acids is 2. The van der Waals surface area contributed by atoms with Gasteiger partial charge in [-0.25, -0.2) is 8.42 Å². The van der Waals surface area contributed by atoms with Gasteiger partial charge in [0.1, 0.15) is 0 Å². The minimum atomic E-state index is -3.10. The topological polar surface area (TPSA) is 83.6 Å². The summed E-state index contributed by atoms with van der Waals surface area (Å²) in [4.78, 5) is 25.5. The maximum absolute atomic E-state index is 12.2. The molecule has 7 heteroatoms. The Morgan fingerprint density at radius 2 is 1.75 bits per heavy atom. The lowest BCUT2D eigenvalue weighted by Gasteiger charge is -2.23. The molecule has 1 heterocycles. The molecule has 132 valence electrons. The van der Waals surface area contributed by atoms with Gasteiger partial charge in [0.15, 0.2) is 9.84 Å². The van der Waals surface area contributed by atoms with Crippen molar-refractivity contribution in [3.63, 3.8) is 0 Å². The highest BCUT2D eigenvalue weighted by molar-refractivity contribution is 7.91. The van der Waals surface area contributed by atoms with Gasteiger partial charge in [-0.2, -0.15) is 0 Å². The minimum Gasteiger partial charge on any atom is -0.333 e. The quantitative estimate of drug-likeness (QED) is 0.819. The lowest BCUT2D eigenvalue weighted by Crippen LogP contribution is -2.43. The standard InChI is InChI=1S/C17H24N2O4S/c1-17(2,3)12-5-7-13(8-6-12)18-15(20)16(21)19(4)14-9-10-24(22,23)11-14/h5-8,14H,9-11H2,1-4H3,(H,18,20). The van der Waals surface area contributed by atoms with Gasteiger partial charge in [-0.1, -0.05) is 32.9 Å². The highest BCUT2D eigenvalue weighted by atomic mass is 32.2. The van der Waals surface area contributed by atoms with E-state index < -0.39 is 27.7 Å². The third-order valence-electron chi connectivity index (χ3n) is 4.28. The summed E-state index contributed by atoms with van der Waals surface area (Å²) in [5.74, 6) is -1.50. The molecule has 2 amide bonds. The van der Waals surface area contributed by atoms with Crippen LogP contribution in [0.15, 0.2) is 24.3 Å². The molecule has 1 aromatic carbocycles. The molecule has 1 atom stereocenters. The van der Waals surface area contributed by atoms with E-state index in [9.17, 15) is 18.0 Å². The highest BCUT2D eigenvalue weighted by Crippen LogP contribution is 2.23. The van der Waals surface area contributed by atoms with Gasteiger partial charge in [-0.05, 0) is 29.5 Å². The summed E-state index contributed by atoms with van der Waals surface area (Å²) >= 11 is 0. The fourth-order valence-electron chi connectivity index (χ4n) is 2.64. The molecule has 1 aliphatic rings. The van der Waals surface area contributed by atoms with Gasteiger partial charge in [0.2, 0.25) is 0 Å². The van der Waals surface area contributed by atoms with Crippen molar-refractivity contribution in [2.24, 2.45) is 0 Å². The first kappa shape index (κ1) is 18.4. The van der Waals surface area contributed by atoms with Crippen LogP contribution in [0.5, 0.6) is 0 Å². The number of likely N-dealkylation sites (N-methyl/N-ethyl adjacent to an activating group) is 1. The van der Waals surface area contributed by atoms with Gasteiger partial charge in [-0.15, -0.1) is 0 Å². The van der Waals surface area contributed by atoms with Gasteiger partial charge < -0.3 is 10.2 Å². The first-order chi connectivity index (χ1) is 11.0. The van der Waals surface area contributed by atoms with Crippen LogP contribution in [0.25, 0.3) is 0 Å². The number of benzene rings is 1. The zero-order valence-electron chi connectivity index (χ0n) is 14.5. The van der Waals surface area contributed by atoms with E-state index in [1.807, 2.05) is 12.1 Å². The van der Waals surface area contributed by atoms with Gasteiger partial charge in [0.25, 0.3) is 0 Å². The summed E-state index contributed by atoms with van der Waals surface area (Å²) in [6.45, 7) is 6.28. The number of rotatable bonds is 2. The molecule has 1 aromatic rings. The maximum atomic E-state index is 12.2. The molecule has 0 spiro atoms. The van der Waals surface area contributed by atoms with Crippen molar-refractivity contribution < 1.29 is 18.0 Å². The molecule has 0 saturated carbocycles. The number of nitrogens with one attached hydrogen (secondary N) is 1. The molecule has 1 fully saturated rings. The van der Waals surface area contributed by atoms with Gasteiger partial charge in [-0.3, -0.25) is 9.59 Å². The summed E-state index contributed by atoms with van der Waals surface area (Å²) in [5.41, 5.74) is 1.67. The second-order valence-corrected chi connectivity index (χ2v) is 9.48. The van der Waals surface area contributed by atoms with E-state index >= 15 is 0 Å². The maximum Gasteiger partial charge on any atom is 0.313 e. The number of carbonyl (C=O) groups is 2. The molecule has 0 radical (unpaired) electrons. The van der Waals surface area contributed by atoms with E-state index in [0.717, 1.165) is 5.56 Å². The number of amides is 2. The van der Waals surface area contributed by atoms with Gasteiger partial charge in [0.05, 0.1) is 11.5 Å². The molecule has 1 N–H and O–H groups in total. The number of nitrogens with zero attached hydrogens (tertiary/aromatic N) is 1. The van der Waals surface area contributed by atoms with Crippen LogP contribution in [-0.2, 0) is 24.8 Å². The van der Waals surface area contributed by atoms with E-state index in [0.29, 0.717) is 12.1 Å². The van der Waals surface area contributed by atoms with Crippen molar-refractivity contribution in [3.8, 4) is 0 Å². The molecular weight excluding hydrogens is 328 g/mol. The average molecular weight is 352 g/mol. The van der Waals surface area contributed by atoms with Crippen LogP contribution in [0.1, 0.15) is 32.8 Å². The first-order valence-electron chi connectivity index (χ1n) is 7.89. The van der Waals surface area contributed by atoms with Crippen molar-refractivity contribution in [1.29, 1.82) is 0 Å². The predicted octanol–water partition coefficient (Wildman–Crippen LogP) is 1.57. The second-order valence-electron chi connectivity index (χ2n) is 7.25. The predicted molar refractivity (Wildman–Crippen MR) is 93.6 cm³/mol. The smallest absolute Gasteiger partial charge is 0.313 e.